The van der Waals surface area contributed by atoms with E-state index in [0.29, 0.717) is 0 Å². The highest BCUT2D eigenvalue weighted by atomic mass is 32.2. The number of hydrogen-bond donors (Lipinski definition) is 0. The van der Waals surface area contributed by atoms with Gasteiger partial charge in [0.2, 0.25) is 11.8 Å². The zero-order valence-corrected chi connectivity index (χ0v) is 38.3. The van der Waals surface area contributed by atoms with Crippen LogP contribution in [0.25, 0.3) is 0 Å². The lowest BCUT2D eigenvalue weighted by Gasteiger charge is -2.49. The second kappa shape index (κ2) is 24.5. The number of thioether (sulfide) groups is 1. The van der Waals surface area contributed by atoms with Gasteiger partial charge >= 0.3 is 17.9 Å². The minimum atomic E-state index is -1.56. The van der Waals surface area contributed by atoms with E-state index in [0.717, 1.165) is 52.8 Å². The second-order valence-electron chi connectivity index (χ2n) is 16.1. The highest BCUT2D eigenvalue weighted by Crippen LogP contribution is 2.36. The molecule has 0 aliphatic carbocycles. The van der Waals surface area contributed by atoms with Crippen molar-refractivity contribution in [2.75, 3.05) is 24.7 Å². The van der Waals surface area contributed by atoms with E-state index >= 15 is 0 Å². The molecule has 3 saturated heterocycles. The van der Waals surface area contributed by atoms with E-state index in [4.69, 9.17) is 47.4 Å². The van der Waals surface area contributed by atoms with Gasteiger partial charge in [0.1, 0.15) is 43.2 Å². The molecule has 4 aromatic rings. The summed E-state index contributed by atoms with van der Waals surface area (Å²) in [5, 5.41) is 0. The van der Waals surface area contributed by atoms with Crippen LogP contribution in [0.5, 0.6) is 0 Å². The fraction of sp³-hybridized carbons (Fsp3) is 0.420. The van der Waals surface area contributed by atoms with Gasteiger partial charge in [-0.25, -0.2) is 0 Å². The van der Waals surface area contributed by atoms with E-state index in [1.54, 1.807) is 0 Å². The van der Waals surface area contributed by atoms with E-state index in [1.807, 2.05) is 121 Å². The fourth-order valence-electron chi connectivity index (χ4n) is 8.09. The van der Waals surface area contributed by atoms with Gasteiger partial charge in [-0.2, -0.15) is 0 Å². The Balaban J connectivity index is 1.28. The highest BCUT2D eigenvalue weighted by Gasteiger charge is 2.57. The topological polar surface area (TPSA) is 181 Å². The third-order valence-electron chi connectivity index (χ3n) is 11.1. The Kier molecular flexibility index (Phi) is 18.1. The summed E-state index contributed by atoms with van der Waals surface area (Å²) in [5.41, 5.74) is 3.52. The molecule has 16 nitrogen and oxygen atoms in total. The van der Waals surface area contributed by atoms with Crippen molar-refractivity contribution in [2.24, 2.45) is 0 Å². The lowest BCUT2D eigenvalue weighted by Crippen LogP contribution is -2.69. The molecule has 0 radical (unpaired) electrons. The largest absolute Gasteiger partial charge is 0.463 e. The Morgan fingerprint density at radius 3 is 1.39 bits per heavy atom. The SMILES string of the molecule is CC(=O)OC[C@H]1O[C@@H](OC[C@H]2O[C@H](OCc3ccccc3)[C@H](OCc3ccccc3)[C@@H](OCc3ccccc3)[C@H]2OCc2ccccc2)[C@H](N2C(=O)CSCC2=O)[C@@H](OC(C)=O)[C@@H]1OC(C)=O. The lowest BCUT2D eigenvalue weighted by atomic mass is 9.94. The predicted octanol–water partition coefficient (Wildman–Crippen LogP) is 5.32. The Bertz CT molecular complexity index is 2210. The number of benzene rings is 4. The molecule has 67 heavy (non-hydrogen) atoms. The maximum Gasteiger partial charge on any atom is 0.303 e. The van der Waals surface area contributed by atoms with Gasteiger partial charge in [0, 0.05) is 20.8 Å². The smallest absolute Gasteiger partial charge is 0.303 e. The molecule has 0 unspecified atom stereocenters. The normalized spacial score (nSPS) is 26.4. The molecule has 7 rings (SSSR count). The minimum absolute atomic E-state index is 0.0801. The first kappa shape index (κ1) is 49.4. The van der Waals surface area contributed by atoms with Gasteiger partial charge < -0.3 is 47.4 Å². The second-order valence-corrected chi connectivity index (χ2v) is 17.1. The van der Waals surface area contributed by atoms with Crippen LogP contribution in [-0.2, 0) is 97.8 Å². The van der Waals surface area contributed by atoms with Crippen molar-refractivity contribution in [1.82, 2.24) is 4.90 Å². The maximum absolute atomic E-state index is 13.7. The van der Waals surface area contributed by atoms with Crippen LogP contribution in [0.2, 0.25) is 0 Å². The Labute approximate surface area is 393 Å². The van der Waals surface area contributed by atoms with Crippen molar-refractivity contribution >= 4 is 41.5 Å². The van der Waals surface area contributed by atoms with Crippen molar-refractivity contribution in [3.05, 3.63) is 144 Å². The number of carbonyl (C=O) groups excluding carboxylic acids is 5. The van der Waals surface area contributed by atoms with Crippen LogP contribution in [0, 0.1) is 0 Å². The lowest BCUT2D eigenvalue weighted by molar-refractivity contribution is -0.342. The number of amides is 2. The number of carbonyl (C=O) groups is 5. The molecule has 17 heteroatoms. The van der Waals surface area contributed by atoms with E-state index in [9.17, 15) is 24.0 Å². The summed E-state index contributed by atoms with van der Waals surface area (Å²) in [5.74, 6) is -3.65. The van der Waals surface area contributed by atoms with Gasteiger partial charge in [-0.15, -0.1) is 11.8 Å². The van der Waals surface area contributed by atoms with E-state index in [1.165, 1.54) is 6.92 Å². The van der Waals surface area contributed by atoms with Crippen LogP contribution >= 0.6 is 11.8 Å². The molecule has 3 aliphatic rings. The Hall–Kier alpha value is -5.50. The maximum atomic E-state index is 13.7. The number of ether oxygens (including phenoxy) is 10. The molecule has 10 atom stereocenters. The average molecular weight is 942 g/mol. The molecule has 0 bridgehead atoms. The third kappa shape index (κ3) is 13.8. The van der Waals surface area contributed by atoms with Crippen molar-refractivity contribution in [2.45, 2.75) is 109 Å². The monoisotopic (exact) mass is 941 g/mol. The van der Waals surface area contributed by atoms with Gasteiger partial charge in [0.25, 0.3) is 0 Å². The third-order valence-corrected chi connectivity index (χ3v) is 12.0. The molecule has 0 N–H and O–H groups in total. The molecule has 4 aromatic carbocycles. The van der Waals surface area contributed by atoms with Crippen molar-refractivity contribution in [3.63, 3.8) is 0 Å². The van der Waals surface area contributed by atoms with Crippen LogP contribution < -0.4 is 0 Å². The fourth-order valence-corrected chi connectivity index (χ4v) is 8.82. The van der Waals surface area contributed by atoms with Crippen LogP contribution in [0.15, 0.2) is 121 Å². The standard InChI is InChI=1S/C50H55NO15S/c1-32(52)57-28-40-45(63-33(2)53)46(64-34(3)54)43(51-41(55)30-67-31-42(51)56)49(65-40)62-29-39-44(58-24-35-16-8-4-9-17-35)47(59-25-36-18-10-5-11-19-36)48(60-26-37-20-12-6-13-21-37)50(66-39)61-27-38-22-14-7-15-23-38/h4-23,39-40,43-50H,24-31H2,1-3H3/t39-,40-,43-,44+,45-,46-,47+,48-,49-,50+/m1/s1. The predicted molar refractivity (Wildman–Crippen MR) is 240 cm³/mol. The van der Waals surface area contributed by atoms with Gasteiger partial charge in [-0.1, -0.05) is 121 Å². The number of nitrogens with zero attached hydrogens (tertiary/aromatic N) is 1. The first-order valence-electron chi connectivity index (χ1n) is 22.0. The Morgan fingerprint density at radius 1 is 0.493 bits per heavy atom. The number of rotatable bonds is 20. The van der Waals surface area contributed by atoms with Gasteiger partial charge in [-0.05, 0) is 22.3 Å². The van der Waals surface area contributed by atoms with Crippen LogP contribution in [-0.4, -0.2) is 121 Å². The molecule has 0 saturated carbocycles. The molecular weight excluding hydrogens is 887 g/mol. The van der Waals surface area contributed by atoms with Gasteiger partial charge in [-0.3, -0.25) is 28.9 Å². The van der Waals surface area contributed by atoms with Crippen molar-refractivity contribution in [1.29, 1.82) is 0 Å². The van der Waals surface area contributed by atoms with E-state index in [-0.39, 0.29) is 44.5 Å². The first-order chi connectivity index (χ1) is 32.5. The van der Waals surface area contributed by atoms with Crippen molar-refractivity contribution in [3.8, 4) is 0 Å². The average Bonchev–Trinajstić information content (AvgIpc) is 3.32. The molecule has 3 aliphatic heterocycles. The first-order valence-corrected chi connectivity index (χ1v) is 23.1. The zero-order valence-electron chi connectivity index (χ0n) is 37.5. The number of imide groups is 1. The van der Waals surface area contributed by atoms with Crippen LogP contribution in [0.1, 0.15) is 43.0 Å². The van der Waals surface area contributed by atoms with E-state index in [2.05, 4.69) is 0 Å². The zero-order chi connectivity index (χ0) is 47.1. The molecule has 356 valence electrons. The molecular formula is C50H55NO15S. The number of hydrogen-bond acceptors (Lipinski definition) is 16. The summed E-state index contributed by atoms with van der Waals surface area (Å²) in [4.78, 5) is 65.9. The van der Waals surface area contributed by atoms with Crippen molar-refractivity contribution < 1.29 is 71.3 Å². The summed E-state index contributed by atoms with van der Waals surface area (Å²) in [7, 11) is 0. The molecule has 0 aromatic heterocycles. The van der Waals surface area contributed by atoms with Gasteiger partial charge in [0.05, 0.1) is 44.5 Å². The summed E-state index contributed by atoms with van der Waals surface area (Å²) in [6.07, 6.45) is -10.6. The molecule has 2 amide bonds. The Morgan fingerprint density at radius 2 is 0.910 bits per heavy atom. The molecule has 3 fully saturated rings. The summed E-state index contributed by atoms with van der Waals surface area (Å²) < 4.78 is 63.8. The summed E-state index contributed by atoms with van der Waals surface area (Å²) in [6.45, 7) is 3.23. The molecule has 0 spiro atoms. The highest BCUT2D eigenvalue weighted by molar-refractivity contribution is 8.00. The summed E-state index contributed by atoms with van der Waals surface area (Å²) >= 11 is 1.12. The van der Waals surface area contributed by atoms with E-state index < -0.39 is 97.7 Å². The molecule has 3 heterocycles. The van der Waals surface area contributed by atoms with Crippen LogP contribution in [0.3, 0.4) is 0 Å². The number of esters is 3. The van der Waals surface area contributed by atoms with Gasteiger partial charge in [0.15, 0.2) is 24.8 Å². The quantitative estimate of drug-likeness (QED) is 0.0630. The summed E-state index contributed by atoms with van der Waals surface area (Å²) in [6, 6.07) is 36.9. The van der Waals surface area contributed by atoms with Crippen LogP contribution in [0.4, 0.5) is 0 Å². The minimum Gasteiger partial charge on any atom is -0.463 e.